The molecule has 6 nitrogen and oxygen atoms in total. The fourth-order valence-electron chi connectivity index (χ4n) is 1.79. The van der Waals surface area contributed by atoms with Crippen molar-refractivity contribution in [1.29, 1.82) is 0 Å². The maximum absolute atomic E-state index is 12.2. The van der Waals surface area contributed by atoms with Crippen molar-refractivity contribution in [3.63, 3.8) is 0 Å². The van der Waals surface area contributed by atoms with Gasteiger partial charge in [0.15, 0.2) is 6.61 Å². The second-order valence-electron chi connectivity index (χ2n) is 6.18. The summed E-state index contributed by atoms with van der Waals surface area (Å²) in [5.41, 5.74) is 0.356. The highest BCUT2D eigenvalue weighted by molar-refractivity contribution is 8.00. The minimum absolute atomic E-state index is 0.0438. The number of benzene rings is 1. The molecule has 2 amide bonds. The highest BCUT2D eigenvalue weighted by atomic mass is 32.2. The van der Waals surface area contributed by atoms with Gasteiger partial charge < -0.3 is 15.0 Å². The van der Waals surface area contributed by atoms with Gasteiger partial charge in [0.2, 0.25) is 5.91 Å². The van der Waals surface area contributed by atoms with E-state index in [4.69, 9.17) is 4.74 Å². The highest BCUT2D eigenvalue weighted by Gasteiger charge is 2.16. The van der Waals surface area contributed by atoms with Crippen molar-refractivity contribution >= 4 is 29.5 Å². The van der Waals surface area contributed by atoms with E-state index in [-0.39, 0.29) is 24.2 Å². The van der Waals surface area contributed by atoms with Gasteiger partial charge in [0.05, 0.1) is 11.3 Å². The summed E-state index contributed by atoms with van der Waals surface area (Å²) in [5, 5.41) is 2.72. The Kier molecular flexibility index (Phi) is 9.05. The number of ether oxygens (including phenoxy) is 1. The maximum atomic E-state index is 12.2. The van der Waals surface area contributed by atoms with Gasteiger partial charge in [0, 0.05) is 25.5 Å². The molecule has 0 aromatic heterocycles. The number of carbonyl (C=O) groups is 3. The van der Waals surface area contributed by atoms with Crippen LogP contribution in [0.1, 0.15) is 30.6 Å². The Bertz CT molecular complexity index is 602. The van der Waals surface area contributed by atoms with Gasteiger partial charge >= 0.3 is 5.97 Å². The van der Waals surface area contributed by atoms with Crippen LogP contribution in [0.3, 0.4) is 0 Å². The van der Waals surface area contributed by atoms with Gasteiger partial charge in [-0.2, -0.15) is 0 Å². The number of esters is 1. The second kappa shape index (κ2) is 10.8. The smallest absolute Gasteiger partial charge is 0.339 e. The first kappa shape index (κ1) is 21.0. The molecule has 0 radical (unpaired) electrons. The van der Waals surface area contributed by atoms with Crippen molar-refractivity contribution in [2.45, 2.75) is 25.2 Å². The lowest BCUT2D eigenvalue weighted by Crippen LogP contribution is -2.30. The topological polar surface area (TPSA) is 75.7 Å². The zero-order valence-corrected chi connectivity index (χ0v) is 16.0. The molecule has 1 aromatic rings. The molecule has 0 fully saturated rings. The molecule has 1 N–H and O–H groups in total. The van der Waals surface area contributed by atoms with E-state index in [1.165, 1.54) is 16.7 Å². The molecule has 0 saturated carbocycles. The molecule has 1 aromatic carbocycles. The SMILES string of the molecule is CC(C)CCNC(=O)COC(=O)c1ccccc1SCC(=O)N(C)C. The molecule has 0 spiro atoms. The Morgan fingerprint density at radius 1 is 1.20 bits per heavy atom. The van der Waals surface area contributed by atoms with E-state index in [1.54, 1.807) is 38.4 Å². The number of rotatable bonds is 9. The standard InChI is InChI=1S/C18H26N2O4S/c1-13(2)9-10-19-16(21)11-24-18(23)14-7-5-6-8-15(14)25-12-17(22)20(3)4/h5-8,13H,9-12H2,1-4H3,(H,19,21). The second-order valence-corrected chi connectivity index (χ2v) is 7.20. The van der Waals surface area contributed by atoms with E-state index >= 15 is 0 Å². The fourth-order valence-corrected chi connectivity index (χ4v) is 2.81. The molecule has 0 aliphatic rings. The van der Waals surface area contributed by atoms with Crippen LogP contribution in [0.5, 0.6) is 0 Å². The molecular weight excluding hydrogens is 340 g/mol. The van der Waals surface area contributed by atoms with Gasteiger partial charge in [-0.05, 0) is 24.5 Å². The van der Waals surface area contributed by atoms with Gasteiger partial charge in [0.1, 0.15) is 0 Å². The van der Waals surface area contributed by atoms with Crippen LogP contribution in [-0.4, -0.2) is 55.7 Å². The van der Waals surface area contributed by atoms with Crippen molar-refractivity contribution in [2.75, 3.05) is 33.0 Å². The number of hydrogen-bond donors (Lipinski definition) is 1. The van der Waals surface area contributed by atoms with E-state index in [2.05, 4.69) is 19.2 Å². The molecule has 0 saturated heterocycles. The van der Waals surface area contributed by atoms with Crippen LogP contribution in [-0.2, 0) is 14.3 Å². The summed E-state index contributed by atoms with van der Waals surface area (Å²) in [6.45, 7) is 4.39. The molecule has 0 aliphatic heterocycles. The van der Waals surface area contributed by atoms with Crippen molar-refractivity contribution in [1.82, 2.24) is 10.2 Å². The third-order valence-electron chi connectivity index (χ3n) is 3.34. The van der Waals surface area contributed by atoms with Gasteiger partial charge in [-0.15, -0.1) is 11.8 Å². The minimum Gasteiger partial charge on any atom is -0.452 e. The summed E-state index contributed by atoms with van der Waals surface area (Å²) in [7, 11) is 3.36. The lowest BCUT2D eigenvalue weighted by Gasteiger charge is -2.12. The van der Waals surface area contributed by atoms with Gasteiger partial charge in [0.25, 0.3) is 5.91 Å². The van der Waals surface area contributed by atoms with E-state index in [0.29, 0.717) is 22.9 Å². The highest BCUT2D eigenvalue weighted by Crippen LogP contribution is 2.23. The van der Waals surface area contributed by atoms with Crippen molar-refractivity contribution in [2.24, 2.45) is 5.92 Å². The summed E-state index contributed by atoms with van der Waals surface area (Å²) in [4.78, 5) is 37.8. The molecule has 1 rings (SSSR count). The average Bonchev–Trinajstić information content (AvgIpc) is 2.57. The molecule has 0 heterocycles. The Morgan fingerprint density at radius 2 is 1.88 bits per heavy atom. The molecule has 0 unspecified atom stereocenters. The number of nitrogens with one attached hydrogen (secondary N) is 1. The van der Waals surface area contributed by atoms with Crippen molar-refractivity contribution < 1.29 is 19.1 Å². The predicted octanol–water partition coefficient (Wildman–Crippen LogP) is 2.19. The van der Waals surface area contributed by atoms with Crippen molar-refractivity contribution in [3.05, 3.63) is 29.8 Å². The van der Waals surface area contributed by atoms with Crippen LogP contribution in [0.15, 0.2) is 29.2 Å². The quantitative estimate of drug-likeness (QED) is 0.536. The first-order valence-electron chi connectivity index (χ1n) is 8.17. The number of thioether (sulfide) groups is 1. The number of amides is 2. The number of nitrogens with zero attached hydrogens (tertiary/aromatic N) is 1. The molecule has 0 bridgehead atoms. The molecule has 25 heavy (non-hydrogen) atoms. The molecular formula is C18H26N2O4S. The molecule has 138 valence electrons. The van der Waals surface area contributed by atoms with Gasteiger partial charge in [-0.1, -0.05) is 26.0 Å². The molecule has 0 aliphatic carbocycles. The van der Waals surface area contributed by atoms with Crippen LogP contribution in [0.4, 0.5) is 0 Å². The minimum atomic E-state index is -0.570. The third kappa shape index (κ3) is 8.07. The van der Waals surface area contributed by atoms with E-state index in [9.17, 15) is 14.4 Å². The predicted molar refractivity (Wildman–Crippen MR) is 98.6 cm³/mol. The summed E-state index contributed by atoms with van der Waals surface area (Å²) >= 11 is 1.27. The number of carbonyl (C=O) groups excluding carboxylic acids is 3. The lowest BCUT2D eigenvalue weighted by atomic mass is 10.1. The average molecular weight is 366 g/mol. The van der Waals surface area contributed by atoms with E-state index < -0.39 is 5.97 Å². The van der Waals surface area contributed by atoms with Crippen LogP contribution in [0.2, 0.25) is 0 Å². The number of hydrogen-bond acceptors (Lipinski definition) is 5. The molecule has 7 heteroatoms. The van der Waals surface area contributed by atoms with E-state index in [0.717, 1.165) is 6.42 Å². The zero-order valence-electron chi connectivity index (χ0n) is 15.2. The van der Waals surface area contributed by atoms with Gasteiger partial charge in [-0.3, -0.25) is 9.59 Å². The fraction of sp³-hybridized carbons (Fsp3) is 0.500. The van der Waals surface area contributed by atoms with Crippen LogP contribution in [0.25, 0.3) is 0 Å². The Morgan fingerprint density at radius 3 is 2.52 bits per heavy atom. The Hall–Kier alpha value is -2.02. The Labute approximate surface area is 153 Å². The van der Waals surface area contributed by atoms with Crippen LogP contribution >= 0.6 is 11.8 Å². The largest absolute Gasteiger partial charge is 0.452 e. The van der Waals surface area contributed by atoms with Crippen LogP contribution in [0, 0.1) is 5.92 Å². The van der Waals surface area contributed by atoms with Crippen LogP contribution < -0.4 is 5.32 Å². The Balaban J connectivity index is 2.55. The zero-order chi connectivity index (χ0) is 18.8. The van der Waals surface area contributed by atoms with Gasteiger partial charge in [-0.25, -0.2) is 4.79 Å². The molecule has 0 atom stereocenters. The van der Waals surface area contributed by atoms with E-state index in [1.807, 2.05) is 0 Å². The first-order chi connectivity index (χ1) is 11.8. The summed E-state index contributed by atoms with van der Waals surface area (Å²) in [6.07, 6.45) is 0.874. The lowest BCUT2D eigenvalue weighted by molar-refractivity contribution is -0.126. The third-order valence-corrected chi connectivity index (χ3v) is 4.39. The summed E-state index contributed by atoms with van der Waals surface area (Å²) in [5.74, 6) is -0.205. The maximum Gasteiger partial charge on any atom is 0.339 e. The summed E-state index contributed by atoms with van der Waals surface area (Å²) in [6, 6.07) is 6.89. The monoisotopic (exact) mass is 366 g/mol. The van der Waals surface area contributed by atoms with Crippen molar-refractivity contribution in [3.8, 4) is 0 Å². The summed E-state index contributed by atoms with van der Waals surface area (Å²) < 4.78 is 5.08. The first-order valence-corrected chi connectivity index (χ1v) is 9.15. The normalized spacial score (nSPS) is 10.4.